The smallest absolute Gasteiger partial charge is 0.313 e. The second-order valence-corrected chi connectivity index (χ2v) is 14.1. The highest BCUT2D eigenvalue weighted by molar-refractivity contribution is 5.83. The monoisotopic (exact) mass is 456 g/mol. The molecule has 4 saturated carbocycles. The number of esters is 1. The molecule has 5 rings (SSSR count). The van der Waals surface area contributed by atoms with Crippen LogP contribution >= 0.6 is 0 Å². The lowest BCUT2D eigenvalue weighted by Gasteiger charge is -2.67. The molecule has 9 atom stereocenters. The highest BCUT2D eigenvalue weighted by Crippen LogP contribution is 2.80. The zero-order valence-electron chi connectivity index (χ0n) is 22.3. The summed E-state index contributed by atoms with van der Waals surface area (Å²) < 4.78 is 6.76. The summed E-state index contributed by atoms with van der Waals surface area (Å²) in [6, 6.07) is 0. The molecule has 5 fully saturated rings. The summed E-state index contributed by atoms with van der Waals surface area (Å²) in [5.74, 6) is 2.18. The molecule has 0 aromatic rings. The van der Waals surface area contributed by atoms with Gasteiger partial charge in [-0.3, -0.25) is 4.79 Å². The normalized spacial score (nSPS) is 50.6. The largest absolute Gasteiger partial charge is 0.458 e. The predicted molar refractivity (Wildman–Crippen MR) is 132 cm³/mol. The quantitative estimate of drug-likeness (QED) is 0.363. The molecule has 5 aliphatic rings. The van der Waals surface area contributed by atoms with Gasteiger partial charge in [0.05, 0.1) is 11.5 Å². The minimum atomic E-state index is -0.315. The van der Waals surface area contributed by atoms with E-state index in [1.54, 1.807) is 0 Å². The molecular formula is C30H48O3. The summed E-state index contributed by atoms with van der Waals surface area (Å²) in [6.45, 7) is 16.2. The Morgan fingerprint density at radius 1 is 1.00 bits per heavy atom. The van der Waals surface area contributed by atoms with Crippen molar-refractivity contribution in [3.63, 3.8) is 0 Å². The summed E-state index contributed by atoms with van der Waals surface area (Å²) in [5, 5.41) is 10.9. The first-order chi connectivity index (χ1) is 15.4. The molecule has 4 aliphatic carbocycles. The number of hydrogen-bond acceptors (Lipinski definition) is 3. The summed E-state index contributed by atoms with van der Waals surface area (Å²) in [7, 11) is 0. The van der Waals surface area contributed by atoms with Crippen LogP contribution in [0.25, 0.3) is 0 Å². The maximum absolute atomic E-state index is 14.1. The van der Waals surface area contributed by atoms with Crippen LogP contribution in [0.1, 0.15) is 113 Å². The Balaban J connectivity index is 1.50. The van der Waals surface area contributed by atoms with E-state index in [0.717, 1.165) is 51.4 Å². The van der Waals surface area contributed by atoms with Crippen LogP contribution < -0.4 is 0 Å². The average Bonchev–Trinajstić information content (AvgIpc) is 3.16. The maximum Gasteiger partial charge on any atom is 0.313 e. The van der Waals surface area contributed by atoms with E-state index in [1.165, 1.54) is 18.4 Å². The van der Waals surface area contributed by atoms with E-state index in [9.17, 15) is 9.90 Å². The second kappa shape index (κ2) is 7.34. The van der Waals surface area contributed by atoms with Gasteiger partial charge in [0.2, 0.25) is 0 Å². The van der Waals surface area contributed by atoms with E-state index >= 15 is 0 Å². The van der Waals surface area contributed by atoms with Gasteiger partial charge in [0.1, 0.15) is 5.60 Å². The van der Waals surface area contributed by atoms with Crippen molar-refractivity contribution < 1.29 is 14.6 Å². The Bertz CT molecular complexity index is 855. The first-order valence-corrected chi connectivity index (χ1v) is 13.9. The van der Waals surface area contributed by atoms with Crippen LogP contribution in [-0.2, 0) is 9.53 Å². The Morgan fingerprint density at radius 3 is 2.39 bits per heavy atom. The van der Waals surface area contributed by atoms with Crippen LogP contribution in [0.2, 0.25) is 0 Å². The molecule has 1 saturated heterocycles. The van der Waals surface area contributed by atoms with Crippen LogP contribution in [0.5, 0.6) is 0 Å². The van der Waals surface area contributed by atoms with Crippen molar-refractivity contribution in [2.75, 3.05) is 0 Å². The zero-order chi connectivity index (χ0) is 24.0. The summed E-state index contributed by atoms with van der Waals surface area (Å²) in [6.07, 6.45) is 12.9. The van der Waals surface area contributed by atoms with Gasteiger partial charge >= 0.3 is 5.97 Å². The lowest BCUT2D eigenvalue weighted by atomic mass is 9.37. The molecule has 0 amide bonds. The SMILES string of the molecule is CC(C)=CCC[C@@H](C)[C@H]1CC[C@]23C(=O)O[C@]4(CC[C@]12C)C3CC[C@H]1C(C)(C)C(O)CC[C@@]14C. The van der Waals surface area contributed by atoms with E-state index in [1.807, 2.05) is 0 Å². The lowest BCUT2D eigenvalue weighted by molar-refractivity contribution is -0.242. The molecular weight excluding hydrogens is 408 g/mol. The Hall–Kier alpha value is -0.830. The van der Waals surface area contributed by atoms with Gasteiger partial charge < -0.3 is 9.84 Å². The van der Waals surface area contributed by atoms with Gasteiger partial charge in [-0.05, 0) is 107 Å². The van der Waals surface area contributed by atoms with Crippen molar-refractivity contribution in [1.82, 2.24) is 0 Å². The molecule has 0 aromatic heterocycles. The van der Waals surface area contributed by atoms with E-state index in [2.05, 4.69) is 54.5 Å². The van der Waals surface area contributed by atoms with E-state index in [4.69, 9.17) is 4.74 Å². The molecule has 2 unspecified atom stereocenters. The van der Waals surface area contributed by atoms with Crippen molar-refractivity contribution in [2.45, 2.75) is 124 Å². The summed E-state index contributed by atoms with van der Waals surface area (Å²) in [5.41, 5.74) is 0.730. The molecule has 1 spiro atoms. The highest BCUT2D eigenvalue weighted by Gasteiger charge is 2.82. The third kappa shape index (κ3) is 2.75. The molecule has 0 radical (unpaired) electrons. The van der Waals surface area contributed by atoms with Gasteiger partial charge in [0.25, 0.3) is 0 Å². The fourth-order valence-electron chi connectivity index (χ4n) is 10.8. The molecule has 1 N–H and O–H groups in total. The van der Waals surface area contributed by atoms with Crippen molar-refractivity contribution >= 4 is 5.97 Å². The Morgan fingerprint density at radius 2 is 1.70 bits per heavy atom. The minimum absolute atomic E-state index is 0.0215. The number of ether oxygens (including phenoxy) is 1. The number of carbonyl (C=O) groups excluding carboxylic acids is 1. The Labute approximate surface area is 202 Å². The standard InChI is InChI=1S/C30H48O3/c1-19(2)9-8-10-20(3)21-13-16-29-23-12-11-22-26(4,5)24(31)14-15-28(22,7)30(23,33-25(29)32)18-17-27(21,29)6/h9,20-24,31H,8,10-18H2,1-7H3/t20-,21-,22+,23?,24?,27-,28+,29+,30-/m1/s1. The van der Waals surface area contributed by atoms with Gasteiger partial charge in [-0.1, -0.05) is 46.3 Å². The molecule has 186 valence electrons. The zero-order valence-corrected chi connectivity index (χ0v) is 22.3. The predicted octanol–water partition coefficient (Wildman–Crippen LogP) is 7.07. The number of hydrogen-bond donors (Lipinski definition) is 1. The van der Waals surface area contributed by atoms with Gasteiger partial charge in [-0.15, -0.1) is 0 Å². The second-order valence-electron chi connectivity index (χ2n) is 14.1. The maximum atomic E-state index is 14.1. The van der Waals surface area contributed by atoms with Crippen LogP contribution in [0.15, 0.2) is 11.6 Å². The van der Waals surface area contributed by atoms with Crippen molar-refractivity contribution in [3.8, 4) is 0 Å². The molecule has 2 bridgehead atoms. The van der Waals surface area contributed by atoms with E-state index in [0.29, 0.717) is 23.7 Å². The number of aliphatic hydroxyl groups excluding tert-OH is 1. The molecule has 1 heterocycles. The molecule has 1 aliphatic heterocycles. The molecule has 3 heteroatoms. The van der Waals surface area contributed by atoms with Crippen LogP contribution in [0.3, 0.4) is 0 Å². The third-order valence-electron chi connectivity index (χ3n) is 12.5. The van der Waals surface area contributed by atoms with Gasteiger partial charge in [-0.2, -0.15) is 0 Å². The first kappa shape index (κ1) is 23.9. The van der Waals surface area contributed by atoms with E-state index < -0.39 is 0 Å². The minimum Gasteiger partial charge on any atom is -0.458 e. The topological polar surface area (TPSA) is 46.5 Å². The molecule has 0 aromatic carbocycles. The molecule has 3 nitrogen and oxygen atoms in total. The van der Waals surface area contributed by atoms with Crippen molar-refractivity contribution in [2.24, 2.45) is 45.3 Å². The van der Waals surface area contributed by atoms with Crippen molar-refractivity contribution in [1.29, 1.82) is 0 Å². The summed E-state index contributed by atoms with van der Waals surface area (Å²) >= 11 is 0. The van der Waals surface area contributed by atoms with Crippen molar-refractivity contribution in [3.05, 3.63) is 11.6 Å². The van der Waals surface area contributed by atoms with Gasteiger partial charge in [-0.25, -0.2) is 0 Å². The third-order valence-corrected chi connectivity index (χ3v) is 12.5. The number of fused-ring (bicyclic) bond motifs is 1. The van der Waals surface area contributed by atoms with Crippen LogP contribution in [-0.4, -0.2) is 22.8 Å². The average molecular weight is 457 g/mol. The lowest BCUT2D eigenvalue weighted by Crippen LogP contribution is -2.68. The first-order valence-electron chi connectivity index (χ1n) is 13.9. The number of aliphatic hydroxyl groups is 1. The van der Waals surface area contributed by atoms with Gasteiger partial charge in [0.15, 0.2) is 0 Å². The van der Waals surface area contributed by atoms with Gasteiger partial charge in [0, 0.05) is 11.3 Å². The fraction of sp³-hybridized carbons (Fsp3) is 0.900. The van der Waals surface area contributed by atoms with Crippen LogP contribution in [0, 0.1) is 45.3 Å². The number of carbonyl (C=O) groups is 1. The van der Waals surface area contributed by atoms with E-state index in [-0.39, 0.29) is 39.3 Å². The highest BCUT2D eigenvalue weighted by atomic mass is 16.6. The summed E-state index contributed by atoms with van der Waals surface area (Å²) in [4.78, 5) is 14.1. The Kier molecular flexibility index (Phi) is 5.31. The molecule has 33 heavy (non-hydrogen) atoms. The number of allylic oxidation sites excluding steroid dienone is 2. The fourth-order valence-corrected chi connectivity index (χ4v) is 10.8. The van der Waals surface area contributed by atoms with Crippen LogP contribution in [0.4, 0.5) is 0 Å². The number of rotatable bonds is 4.